The Morgan fingerprint density at radius 1 is 1.05 bits per heavy atom. The maximum Gasteiger partial charge on any atom is 0.289 e. The van der Waals surface area contributed by atoms with Crippen LogP contribution in [-0.4, -0.2) is 66.7 Å². The number of nitrogens with one attached hydrogen (secondary N) is 2. The van der Waals surface area contributed by atoms with Crippen molar-refractivity contribution in [1.82, 2.24) is 15.5 Å². The lowest BCUT2D eigenvalue weighted by molar-refractivity contribution is -0.156. The zero-order valence-electron chi connectivity index (χ0n) is 23.1. The first kappa shape index (κ1) is 30.7. The van der Waals surface area contributed by atoms with E-state index in [-0.39, 0.29) is 35.3 Å². The van der Waals surface area contributed by atoms with Crippen molar-refractivity contribution in [2.24, 2.45) is 0 Å². The number of sulfone groups is 1. The predicted octanol–water partition coefficient (Wildman–Crippen LogP) is 3.60. The number of imide groups is 1. The van der Waals surface area contributed by atoms with Gasteiger partial charge >= 0.3 is 0 Å². The van der Waals surface area contributed by atoms with Crippen molar-refractivity contribution >= 4 is 56.5 Å². The highest BCUT2D eigenvalue weighted by Gasteiger charge is 2.57. The van der Waals surface area contributed by atoms with E-state index in [1.165, 1.54) is 12.1 Å². The van der Waals surface area contributed by atoms with Gasteiger partial charge in [-0.3, -0.25) is 24.1 Å². The fraction of sp³-hybridized carbons (Fsp3) is 0.467. The van der Waals surface area contributed by atoms with Gasteiger partial charge in [0.1, 0.15) is 6.04 Å². The average molecular weight is 635 g/mol. The van der Waals surface area contributed by atoms with E-state index in [4.69, 9.17) is 23.2 Å². The summed E-state index contributed by atoms with van der Waals surface area (Å²) >= 11 is 12.3. The van der Waals surface area contributed by atoms with Crippen LogP contribution in [0.1, 0.15) is 57.4 Å². The molecule has 1 aliphatic heterocycles. The first-order valence-corrected chi connectivity index (χ1v) is 16.5. The molecule has 2 saturated carbocycles. The third-order valence-corrected chi connectivity index (χ3v) is 11.2. The minimum Gasteiger partial charge on any atom is -0.347 e. The lowest BCUT2D eigenvalue weighted by Crippen LogP contribution is -2.58. The van der Waals surface area contributed by atoms with Crippen LogP contribution in [0, 0.1) is 0 Å². The predicted molar refractivity (Wildman–Crippen MR) is 158 cm³/mol. The SMILES string of the molecule is CCC[C@@H](C(=O)C(=O)NC1CC1)N(C(=O)[C@@H]1C[C@@H](S(=O)(=O)c2ccccc2Cl)CN1)C(=O)C1(c2ccc(Cl)cc2)CC1. The summed E-state index contributed by atoms with van der Waals surface area (Å²) in [5.41, 5.74) is -0.375. The topological polar surface area (TPSA) is 130 Å². The monoisotopic (exact) mass is 633 g/mol. The molecule has 3 atom stereocenters. The van der Waals surface area contributed by atoms with Gasteiger partial charge in [-0.25, -0.2) is 8.42 Å². The Hall–Kier alpha value is -2.79. The van der Waals surface area contributed by atoms with Crippen molar-refractivity contribution < 1.29 is 27.6 Å². The van der Waals surface area contributed by atoms with Crippen LogP contribution in [0.5, 0.6) is 0 Å². The summed E-state index contributed by atoms with van der Waals surface area (Å²) in [6, 6.07) is 10.4. The second-order valence-electron chi connectivity index (χ2n) is 11.3. The fourth-order valence-electron chi connectivity index (χ4n) is 5.58. The van der Waals surface area contributed by atoms with Gasteiger partial charge in [0.2, 0.25) is 17.6 Å². The lowest BCUT2D eigenvalue weighted by Gasteiger charge is -2.34. The molecule has 224 valence electrons. The molecule has 3 amide bonds. The van der Waals surface area contributed by atoms with E-state index < -0.39 is 56.1 Å². The van der Waals surface area contributed by atoms with E-state index in [1.807, 2.05) is 0 Å². The van der Waals surface area contributed by atoms with Gasteiger partial charge in [-0.15, -0.1) is 0 Å². The Morgan fingerprint density at radius 2 is 1.71 bits per heavy atom. The minimum absolute atomic E-state index is 0.0324. The summed E-state index contributed by atoms with van der Waals surface area (Å²) < 4.78 is 26.8. The van der Waals surface area contributed by atoms with Gasteiger partial charge in [-0.1, -0.05) is 60.8 Å². The van der Waals surface area contributed by atoms with Crippen LogP contribution < -0.4 is 10.6 Å². The van der Waals surface area contributed by atoms with Crippen molar-refractivity contribution in [2.75, 3.05) is 6.54 Å². The molecule has 1 heterocycles. The molecule has 2 N–H and O–H groups in total. The van der Waals surface area contributed by atoms with Gasteiger partial charge < -0.3 is 10.6 Å². The van der Waals surface area contributed by atoms with Crippen LogP contribution in [0.3, 0.4) is 0 Å². The van der Waals surface area contributed by atoms with E-state index in [2.05, 4.69) is 10.6 Å². The highest BCUT2D eigenvalue weighted by Crippen LogP contribution is 2.50. The van der Waals surface area contributed by atoms with Gasteiger partial charge in [0, 0.05) is 17.6 Å². The molecule has 9 nitrogen and oxygen atoms in total. The number of halogens is 2. The normalized spacial score (nSPS) is 21.8. The highest BCUT2D eigenvalue weighted by atomic mass is 35.5. The molecular formula is C30H33Cl2N3O6S. The molecule has 12 heteroatoms. The summed E-state index contributed by atoms with van der Waals surface area (Å²) in [6.07, 6.45) is 2.86. The van der Waals surface area contributed by atoms with Crippen LogP contribution in [0.15, 0.2) is 53.4 Å². The van der Waals surface area contributed by atoms with Crippen LogP contribution in [0.2, 0.25) is 10.0 Å². The van der Waals surface area contributed by atoms with Crippen molar-refractivity contribution in [3.05, 3.63) is 64.1 Å². The van der Waals surface area contributed by atoms with Crippen LogP contribution in [-0.2, 0) is 34.4 Å². The van der Waals surface area contributed by atoms with Crippen LogP contribution in [0.4, 0.5) is 0 Å². The Morgan fingerprint density at radius 3 is 2.31 bits per heavy atom. The van der Waals surface area contributed by atoms with Crippen molar-refractivity contribution in [3.63, 3.8) is 0 Å². The first-order chi connectivity index (χ1) is 20.0. The number of carbonyl (C=O) groups excluding carboxylic acids is 4. The van der Waals surface area contributed by atoms with E-state index >= 15 is 0 Å². The summed E-state index contributed by atoms with van der Waals surface area (Å²) in [7, 11) is -3.91. The first-order valence-electron chi connectivity index (χ1n) is 14.2. The number of hydrogen-bond donors (Lipinski definition) is 2. The molecule has 2 aliphatic carbocycles. The number of ketones is 1. The summed E-state index contributed by atoms with van der Waals surface area (Å²) in [5, 5.41) is 5.24. The Kier molecular flexibility index (Phi) is 8.81. The van der Waals surface area contributed by atoms with Gasteiger partial charge in [0.15, 0.2) is 9.84 Å². The number of amides is 3. The molecule has 2 aromatic carbocycles. The zero-order valence-corrected chi connectivity index (χ0v) is 25.5. The van der Waals surface area contributed by atoms with Gasteiger partial charge in [-0.05, 0) is 68.4 Å². The second kappa shape index (κ2) is 12.1. The standard InChI is InChI=1S/C30H33Cl2N3O6S/c1-2-5-24(26(36)27(37)34-20-12-13-20)35(29(39)30(14-15-30)18-8-10-19(31)11-9-18)28(38)23-16-21(17-33-23)42(40,41)25-7-4-3-6-22(25)32/h3-4,6-11,20-21,23-24,33H,2,5,12-17H2,1H3,(H,34,37)/t21-,23+,24+/m1/s1. The number of rotatable bonds is 11. The zero-order chi connectivity index (χ0) is 30.2. The maximum absolute atomic E-state index is 14.4. The number of nitrogens with zero attached hydrogens (tertiary/aromatic N) is 1. The quantitative estimate of drug-likeness (QED) is 0.286. The maximum atomic E-state index is 14.4. The van der Waals surface area contributed by atoms with Crippen molar-refractivity contribution in [3.8, 4) is 0 Å². The molecule has 0 spiro atoms. The number of Topliss-reactive ketones (excluding diaryl/α,β-unsaturated/α-hetero) is 1. The molecule has 3 aliphatic rings. The minimum atomic E-state index is -3.91. The third kappa shape index (κ3) is 6.00. The Balaban J connectivity index is 1.47. The van der Waals surface area contributed by atoms with Crippen LogP contribution >= 0.6 is 23.2 Å². The fourth-order valence-corrected chi connectivity index (χ4v) is 7.90. The Bertz CT molecular complexity index is 1510. The molecule has 0 bridgehead atoms. The summed E-state index contributed by atoms with van der Waals surface area (Å²) in [6.45, 7) is 1.77. The molecule has 0 unspecified atom stereocenters. The molecule has 0 radical (unpaired) electrons. The lowest BCUT2D eigenvalue weighted by atomic mass is 9.91. The summed E-state index contributed by atoms with van der Waals surface area (Å²) in [5.74, 6) is -2.96. The van der Waals surface area contributed by atoms with E-state index in [9.17, 15) is 27.6 Å². The summed E-state index contributed by atoms with van der Waals surface area (Å²) in [4.78, 5) is 55.9. The van der Waals surface area contributed by atoms with Gasteiger partial charge in [-0.2, -0.15) is 0 Å². The molecular weight excluding hydrogens is 601 g/mol. The number of hydrogen-bond acceptors (Lipinski definition) is 7. The molecule has 2 aromatic rings. The van der Waals surface area contributed by atoms with Crippen molar-refractivity contribution in [2.45, 2.75) is 85.6 Å². The van der Waals surface area contributed by atoms with E-state index in [0.717, 1.165) is 17.7 Å². The molecule has 42 heavy (non-hydrogen) atoms. The smallest absolute Gasteiger partial charge is 0.289 e. The molecule has 3 fully saturated rings. The largest absolute Gasteiger partial charge is 0.347 e. The van der Waals surface area contributed by atoms with Crippen LogP contribution in [0.25, 0.3) is 0 Å². The van der Waals surface area contributed by atoms with E-state index in [0.29, 0.717) is 29.8 Å². The average Bonchev–Trinajstić information content (AvgIpc) is 3.90. The van der Waals surface area contributed by atoms with E-state index in [1.54, 1.807) is 43.3 Å². The molecule has 5 rings (SSSR count). The number of carbonyl (C=O) groups is 4. The highest BCUT2D eigenvalue weighted by molar-refractivity contribution is 7.92. The van der Waals surface area contributed by atoms with Gasteiger partial charge in [0.05, 0.1) is 26.6 Å². The number of benzene rings is 2. The second-order valence-corrected chi connectivity index (χ2v) is 14.4. The van der Waals surface area contributed by atoms with Crippen molar-refractivity contribution in [1.29, 1.82) is 0 Å². The third-order valence-electron chi connectivity index (χ3n) is 8.30. The Labute approximate surface area is 255 Å². The van der Waals surface area contributed by atoms with Gasteiger partial charge in [0.25, 0.3) is 5.91 Å². The molecule has 0 aromatic heterocycles. The molecule has 1 saturated heterocycles.